The van der Waals surface area contributed by atoms with Crippen molar-refractivity contribution >= 4 is 6.09 Å². The topological polar surface area (TPSA) is 38.8 Å². The van der Waals surface area contributed by atoms with Crippen molar-refractivity contribution in [2.45, 2.75) is 0 Å². The molecule has 70 valence electrons. The van der Waals surface area contributed by atoms with Gasteiger partial charge in [-0.15, -0.1) is 6.58 Å². The molecule has 0 radical (unpaired) electrons. The van der Waals surface area contributed by atoms with Gasteiger partial charge < -0.3 is 14.4 Å². The Balaban J connectivity index is 3.84. The van der Waals surface area contributed by atoms with Gasteiger partial charge in [0.2, 0.25) is 0 Å². The fraction of sp³-hybridized carbons (Fsp3) is 0.625. The van der Waals surface area contributed by atoms with Crippen molar-refractivity contribution < 1.29 is 14.3 Å². The number of carbonyl (C=O) groups is 1. The molecule has 0 saturated carbocycles. The second-order valence-corrected chi connectivity index (χ2v) is 2.20. The Morgan fingerprint density at radius 2 is 2.25 bits per heavy atom. The fourth-order valence-electron chi connectivity index (χ4n) is 0.744. The molecule has 0 aliphatic carbocycles. The first-order valence-corrected chi connectivity index (χ1v) is 3.69. The summed E-state index contributed by atoms with van der Waals surface area (Å²) in [5, 5.41) is 0. The van der Waals surface area contributed by atoms with Crippen LogP contribution in [-0.4, -0.2) is 44.9 Å². The Morgan fingerprint density at radius 1 is 1.58 bits per heavy atom. The second-order valence-electron chi connectivity index (χ2n) is 2.20. The van der Waals surface area contributed by atoms with Crippen LogP contribution < -0.4 is 0 Å². The Morgan fingerprint density at radius 3 is 2.67 bits per heavy atom. The number of hydrogen-bond acceptors (Lipinski definition) is 3. The van der Waals surface area contributed by atoms with E-state index in [0.717, 1.165) is 0 Å². The lowest BCUT2D eigenvalue weighted by atomic mass is 10.5. The number of hydrogen-bond donors (Lipinski definition) is 0. The summed E-state index contributed by atoms with van der Waals surface area (Å²) in [6.07, 6.45) is 1.29. The van der Waals surface area contributed by atoms with Crippen LogP contribution in [0.25, 0.3) is 0 Å². The summed E-state index contributed by atoms with van der Waals surface area (Å²) in [4.78, 5) is 12.5. The summed E-state index contributed by atoms with van der Waals surface area (Å²) in [5.41, 5.74) is 0. The highest BCUT2D eigenvalue weighted by Crippen LogP contribution is 1.92. The molecule has 4 heteroatoms. The van der Waals surface area contributed by atoms with Crippen LogP contribution in [0.4, 0.5) is 4.79 Å². The standard InChI is InChI=1S/C8H15NO3/c1-4-5-9(6-7-11-2)8(10)12-3/h4H,1,5-7H2,2-3H3. The van der Waals surface area contributed by atoms with Gasteiger partial charge >= 0.3 is 6.09 Å². The summed E-state index contributed by atoms with van der Waals surface area (Å²) in [5.74, 6) is 0. The molecule has 1 amide bonds. The van der Waals surface area contributed by atoms with E-state index in [0.29, 0.717) is 19.7 Å². The highest BCUT2D eigenvalue weighted by Gasteiger charge is 2.10. The maximum Gasteiger partial charge on any atom is 0.409 e. The van der Waals surface area contributed by atoms with Crippen molar-refractivity contribution in [2.24, 2.45) is 0 Å². The van der Waals surface area contributed by atoms with E-state index in [9.17, 15) is 4.79 Å². The zero-order chi connectivity index (χ0) is 9.40. The van der Waals surface area contributed by atoms with Crippen LogP contribution >= 0.6 is 0 Å². The van der Waals surface area contributed by atoms with Gasteiger partial charge in [-0.1, -0.05) is 6.08 Å². The fourth-order valence-corrected chi connectivity index (χ4v) is 0.744. The Hall–Kier alpha value is -1.03. The molecular weight excluding hydrogens is 158 g/mol. The minimum absolute atomic E-state index is 0.355. The molecule has 0 spiro atoms. The normalized spacial score (nSPS) is 9.17. The molecule has 0 unspecified atom stereocenters. The van der Waals surface area contributed by atoms with Gasteiger partial charge in [-0.3, -0.25) is 0 Å². The Kier molecular flexibility index (Phi) is 6.09. The minimum atomic E-state index is -0.355. The second kappa shape index (κ2) is 6.67. The van der Waals surface area contributed by atoms with E-state index in [1.54, 1.807) is 13.2 Å². The lowest BCUT2D eigenvalue weighted by Gasteiger charge is -2.18. The van der Waals surface area contributed by atoms with Crippen molar-refractivity contribution in [3.8, 4) is 0 Å². The molecule has 0 aliphatic heterocycles. The van der Waals surface area contributed by atoms with E-state index >= 15 is 0 Å². The Bertz CT molecular complexity index is 147. The van der Waals surface area contributed by atoms with E-state index < -0.39 is 0 Å². The molecule has 0 aromatic rings. The van der Waals surface area contributed by atoms with E-state index in [1.165, 1.54) is 12.0 Å². The van der Waals surface area contributed by atoms with Crippen LogP contribution in [0.3, 0.4) is 0 Å². The zero-order valence-electron chi connectivity index (χ0n) is 7.58. The number of rotatable bonds is 5. The van der Waals surface area contributed by atoms with Gasteiger partial charge in [-0.2, -0.15) is 0 Å². The molecule has 0 aromatic heterocycles. The first-order valence-electron chi connectivity index (χ1n) is 3.69. The summed E-state index contributed by atoms with van der Waals surface area (Å²) in [6.45, 7) is 5.04. The summed E-state index contributed by atoms with van der Waals surface area (Å²) in [7, 11) is 2.94. The van der Waals surface area contributed by atoms with Crippen molar-refractivity contribution in [1.82, 2.24) is 4.90 Å². The Labute approximate surface area is 72.8 Å². The first kappa shape index (κ1) is 11.0. The van der Waals surface area contributed by atoms with Gasteiger partial charge in [0.1, 0.15) is 0 Å². The molecule has 0 N–H and O–H groups in total. The number of carbonyl (C=O) groups excluding carboxylic acids is 1. The lowest BCUT2D eigenvalue weighted by Crippen LogP contribution is -2.33. The van der Waals surface area contributed by atoms with Crippen molar-refractivity contribution in [2.75, 3.05) is 33.9 Å². The summed E-state index contributed by atoms with van der Waals surface area (Å²) < 4.78 is 9.38. The number of nitrogens with zero attached hydrogens (tertiary/aromatic N) is 1. The minimum Gasteiger partial charge on any atom is -0.453 e. The molecule has 0 rings (SSSR count). The SMILES string of the molecule is C=CCN(CCOC)C(=O)OC. The smallest absolute Gasteiger partial charge is 0.409 e. The molecule has 12 heavy (non-hydrogen) atoms. The predicted octanol–water partition coefficient (Wildman–Crippen LogP) is 0.887. The van der Waals surface area contributed by atoms with Gasteiger partial charge in [0.15, 0.2) is 0 Å². The van der Waals surface area contributed by atoms with Crippen molar-refractivity contribution in [3.05, 3.63) is 12.7 Å². The maximum atomic E-state index is 11.0. The lowest BCUT2D eigenvalue weighted by molar-refractivity contribution is 0.108. The van der Waals surface area contributed by atoms with Crippen LogP contribution in [0.1, 0.15) is 0 Å². The maximum absolute atomic E-state index is 11.0. The first-order chi connectivity index (χ1) is 5.76. The van der Waals surface area contributed by atoms with E-state index in [4.69, 9.17) is 4.74 Å². The molecule has 0 saturated heterocycles. The molecule has 0 fully saturated rings. The van der Waals surface area contributed by atoms with Gasteiger partial charge in [0.25, 0.3) is 0 Å². The van der Waals surface area contributed by atoms with Crippen LogP contribution in [0, 0.1) is 0 Å². The van der Waals surface area contributed by atoms with Crippen molar-refractivity contribution in [1.29, 1.82) is 0 Å². The molecule has 0 atom stereocenters. The average molecular weight is 173 g/mol. The van der Waals surface area contributed by atoms with Crippen LogP contribution in [-0.2, 0) is 9.47 Å². The van der Waals surface area contributed by atoms with Gasteiger partial charge in [-0.25, -0.2) is 4.79 Å². The molecule has 0 aliphatic rings. The number of ether oxygens (including phenoxy) is 2. The van der Waals surface area contributed by atoms with Crippen LogP contribution in [0.5, 0.6) is 0 Å². The van der Waals surface area contributed by atoms with E-state index in [2.05, 4.69) is 11.3 Å². The van der Waals surface area contributed by atoms with Gasteiger partial charge in [-0.05, 0) is 0 Å². The zero-order valence-corrected chi connectivity index (χ0v) is 7.58. The van der Waals surface area contributed by atoms with Crippen LogP contribution in [0.15, 0.2) is 12.7 Å². The molecule has 0 heterocycles. The monoisotopic (exact) mass is 173 g/mol. The van der Waals surface area contributed by atoms with Gasteiger partial charge in [0.05, 0.1) is 13.7 Å². The molecule has 0 bridgehead atoms. The molecule has 0 aromatic carbocycles. The van der Waals surface area contributed by atoms with Gasteiger partial charge in [0, 0.05) is 20.2 Å². The molecule has 4 nitrogen and oxygen atoms in total. The third-order valence-electron chi connectivity index (χ3n) is 1.35. The number of methoxy groups -OCH3 is 2. The number of amides is 1. The van der Waals surface area contributed by atoms with Crippen molar-refractivity contribution in [3.63, 3.8) is 0 Å². The summed E-state index contributed by atoms with van der Waals surface area (Å²) >= 11 is 0. The third kappa shape index (κ3) is 3.98. The molecular formula is C8H15NO3. The highest BCUT2D eigenvalue weighted by atomic mass is 16.5. The summed E-state index contributed by atoms with van der Waals surface area (Å²) in [6, 6.07) is 0. The van der Waals surface area contributed by atoms with Crippen LogP contribution in [0.2, 0.25) is 0 Å². The largest absolute Gasteiger partial charge is 0.453 e. The predicted molar refractivity (Wildman–Crippen MR) is 46.1 cm³/mol. The van der Waals surface area contributed by atoms with E-state index in [-0.39, 0.29) is 6.09 Å². The van der Waals surface area contributed by atoms with E-state index in [1.807, 2.05) is 0 Å². The quantitative estimate of drug-likeness (QED) is 0.579. The highest BCUT2D eigenvalue weighted by molar-refractivity contribution is 5.67. The average Bonchev–Trinajstić information content (AvgIpc) is 2.11. The third-order valence-corrected chi connectivity index (χ3v) is 1.35.